The van der Waals surface area contributed by atoms with Crippen molar-refractivity contribution in [2.45, 2.75) is 26.8 Å². The van der Waals surface area contributed by atoms with Crippen molar-refractivity contribution >= 4 is 11.7 Å². The Morgan fingerprint density at radius 1 is 1.16 bits per heavy atom. The summed E-state index contributed by atoms with van der Waals surface area (Å²) in [6.07, 6.45) is -2.90. The van der Waals surface area contributed by atoms with Crippen molar-refractivity contribution in [3.63, 3.8) is 0 Å². The van der Waals surface area contributed by atoms with Gasteiger partial charge >= 0.3 is 12.5 Å². The molecule has 6 nitrogen and oxygen atoms in total. The van der Waals surface area contributed by atoms with Gasteiger partial charge in [-0.1, -0.05) is 38.1 Å². The van der Waals surface area contributed by atoms with Gasteiger partial charge in [0.15, 0.2) is 0 Å². The molecule has 1 aliphatic heterocycles. The van der Waals surface area contributed by atoms with Crippen molar-refractivity contribution in [1.29, 1.82) is 0 Å². The highest BCUT2D eigenvalue weighted by Crippen LogP contribution is 2.32. The third kappa shape index (κ3) is 4.40. The minimum Gasteiger partial charge on any atom is -0.415 e. The molecule has 9 heteroatoms. The van der Waals surface area contributed by atoms with Crippen molar-refractivity contribution in [3.05, 3.63) is 65.8 Å². The highest BCUT2D eigenvalue weighted by Gasteiger charge is 2.39. The van der Waals surface area contributed by atoms with Crippen LogP contribution < -0.4 is 4.90 Å². The molecule has 0 aliphatic carbocycles. The summed E-state index contributed by atoms with van der Waals surface area (Å²) in [4.78, 5) is 16.4. The van der Waals surface area contributed by atoms with Crippen LogP contribution in [0.1, 0.15) is 31.7 Å². The molecule has 31 heavy (non-hydrogen) atoms. The van der Waals surface area contributed by atoms with Gasteiger partial charge in [0.25, 0.3) is 5.89 Å². The lowest BCUT2D eigenvalue weighted by molar-refractivity contribution is 0.0651. The van der Waals surface area contributed by atoms with Gasteiger partial charge in [0.2, 0.25) is 5.89 Å². The van der Waals surface area contributed by atoms with Gasteiger partial charge in [-0.15, -0.1) is 10.2 Å². The second-order valence-electron chi connectivity index (χ2n) is 8.28. The maximum Gasteiger partial charge on any atom is 0.324 e. The van der Waals surface area contributed by atoms with Gasteiger partial charge in [0, 0.05) is 35.3 Å². The summed E-state index contributed by atoms with van der Waals surface area (Å²) in [7, 11) is 0. The fourth-order valence-corrected chi connectivity index (χ4v) is 3.59. The number of hydrogen-bond acceptors (Lipinski definition) is 4. The highest BCUT2D eigenvalue weighted by atomic mass is 19.3. The Morgan fingerprint density at radius 2 is 1.87 bits per heavy atom. The minimum absolute atomic E-state index is 0.0119. The molecule has 3 aromatic rings. The molecule has 0 saturated carbocycles. The quantitative estimate of drug-likeness (QED) is 0.552. The summed E-state index contributed by atoms with van der Waals surface area (Å²) < 4.78 is 45.1. The predicted molar refractivity (Wildman–Crippen MR) is 108 cm³/mol. The number of alkyl halides is 2. The van der Waals surface area contributed by atoms with Crippen molar-refractivity contribution in [2.24, 2.45) is 5.41 Å². The highest BCUT2D eigenvalue weighted by molar-refractivity contribution is 5.92. The molecular formula is C22H21F3N4O2. The summed E-state index contributed by atoms with van der Waals surface area (Å²) in [5, 5.41) is 6.79. The van der Waals surface area contributed by atoms with Gasteiger partial charge in [-0.25, -0.2) is 9.18 Å². The number of carbonyl (C=O) groups excluding carboxylic acids is 1. The van der Waals surface area contributed by atoms with E-state index >= 15 is 0 Å². The molecule has 1 aromatic heterocycles. The van der Waals surface area contributed by atoms with Gasteiger partial charge in [-0.2, -0.15) is 8.78 Å². The molecule has 4 rings (SSSR count). The number of carbonyl (C=O) groups is 1. The first kappa shape index (κ1) is 20.9. The van der Waals surface area contributed by atoms with Crippen molar-refractivity contribution in [1.82, 2.24) is 15.1 Å². The third-order valence-electron chi connectivity index (χ3n) is 5.06. The Hall–Kier alpha value is -3.36. The zero-order valence-electron chi connectivity index (χ0n) is 17.1. The molecular weight excluding hydrogens is 409 g/mol. The van der Waals surface area contributed by atoms with Crippen LogP contribution in [-0.4, -0.2) is 34.2 Å². The smallest absolute Gasteiger partial charge is 0.324 e. The molecule has 0 bridgehead atoms. The van der Waals surface area contributed by atoms with Crippen LogP contribution >= 0.6 is 0 Å². The number of nitrogens with zero attached hydrogens (tertiary/aromatic N) is 4. The number of amides is 2. The van der Waals surface area contributed by atoms with E-state index in [1.54, 1.807) is 17.0 Å². The fraction of sp³-hybridized carbons (Fsp3) is 0.318. The van der Waals surface area contributed by atoms with Gasteiger partial charge in [0.1, 0.15) is 5.82 Å². The molecule has 2 heterocycles. The zero-order chi connectivity index (χ0) is 22.2. The summed E-state index contributed by atoms with van der Waals surface area (Å²) in [5.41, 5.74) is 1.17. The van der Waals surface area contributed by atoms with E-state index in [2.05, 4.69) is 24.0 Å². The van der Waals surface area contributed by atoms with Crippen LogP contribution in [0.4, 0.5) is 23.7 Å². The number of urea groups is 1. The van der Waals surface area contributed by atoms with Crippen LogP contribution in [0.2, 0.25) is 0 Å². The Bertz CT molecular complexity index is 1080. The lowest BCUT2D eigenvalue weighted by Gasteiger charge is -2.47. The Morgan fingerprint density at radius 3 is 2.45 bits per heavy atom. The second kappa shape index (κ2) is 8.05. The van der Waals surface area contributed by atoms with E-state index in [9.17, 15) is 18.0 Å². The molecule has 0 N–H and O–H groups in total. The monoisotopic (exact) mass is 430 g/mol. The molecule has 1 fully saturated rings. The lowest BCUT2D eigenvalue weighted by Crippen LogP contribution is -2.59. The first-order valence-corrected chi connectivity index (χ1v) is 9.75. The second-order valence-corrected chi connectivity index (χ2v) is 8.28. The fourth-order valence-electron chi connectivity index (χ4n) is 3.59. The van der Waals surface area contributed by atoms with Crippen LogP contribution in [0.15, 0.2) is 52.9 Å². The maximum absolute atomic E-state index is 14.9. The number of halogens is 3. The van der Waals surface area contributed by atoms with E-state index in [0.29, 0.717) is 18.8 Å². The molecule has 0 radical (unpaired) electrons. The van der Waals surface area contributed by atoms with Crippen LogP contribution in [0.3, 0.4) is 0 Å². The number of aromatic nitrogens is 2. The van der Waals surface area contributed by atoms with Crippen LogP contribution in [-0.2, 0) is 6.54 Å². The van der Waals surface area contributed by atoms with E-state index in [1.165, 1.54) is 17.0 Å². The van der Waals surface area contributed by atoms with Gasteiger partial charge in [0.05, 0.1) is 6.54 Å². The van der Waals surface area contributed by atoms with Crippen LogP contribution in [0.5, 0.6) is 0 Å². The number of rotatable bonds is 5. The Balaban J connectivity index is 1.58. The third-order valence-corrected chi connectivity index (χ3v) is 5.06. The van der Waals surface area contributed by atoms with Crippen molar-refractivity contribution in [2.75, 3.05) is 18.0 Å². The first-order chi connectivity index (χ1) is 14.7. The Kier molecular flexibility index (Phi) is 5.43. The normalized spacial score (nSPS) is 15.1. The maximum atomic E-state index is 14.9. The van der Waals surface area contributed by atoms with E-state index < -0.39 is 18.1 Å². The summed E-state index contributed by atoms with van der Waals surface area (Å²) in [6.45, 7) is 5.43. The number of hydrogen-bond donors (Lipinski definition) is 0. The molecule has 1 aliphatic rings. The van der Waals surface area contributed by atoms with Gasteiger partial charge in [-0.3, -0.25) is 4.90 Å². The molecule has 2 amide bonds. The van der Waals surface area contributed by atoms with Crippen molar-refractivity contribution in [3.8, 4) is 11.5 Å². The number of anilines is 1. The molecule has 162 valence electrons. The van der Waals surface area contributed by atoms with E-state index in [0.717, 1.165) is 6.07 Å². The molecule has 0 unspecified atom stereocenters. The topological polar surface area (TPSA) is 62.5 Å². The first-order valence-electron chi connectivity index (χ1n) is 9.75. The molecule has 0 atom stereocenters. The molecule has 2 aromatic carbocycles. The number of likely N-dealkylation sites (tertiary alicyclic amines) is 1. The van der Waals surface area contributed by atoms with E-state index in [1.807, 2.05) is 18.2 Å². The Labute approximate surface area is 177 Å². The standard InChI is InChI=1S/C22H21F3N4O2/c1-22(2)12-28(13-22)21(30)29(16-6-4-3-5-7-16)11-15-9-8-14(10-17(15)23)19-26-27-20(31-19)18(24)25/h3-10,18H,11-13H2,1-2H3. The van der Waals surface area contributed by atoms with Gasteiger partial charge in [-0.05, 0) is 24.3 Å². The SMILES string of the molecule is CC1(C)CN(C(=O)N(Cc2ccc(-c3nnc(C(F)F)o3)cc2F)c2ccccc2)C1. The zero-order valence-corrected chi connectivity index (χ0v) is 17.1. The molecule has 1 saturated heterocycles. The van der Waals surface area contributed by atoms with E-state index in [4.69, 9.17) is 4.42 Å². The van der Waals surface area contributed by atoms with Crippen LogP contribution in [0, 0.1) is 11.2 Å². The molecule has 0 spiro atoms. The van der Waals surface area contributed by atoms with E-state index in [-0.39, 0.29) is 35.0 Å². The summed E-state index contributed by atoms with van der Waals surface area (Å²) in [6, 6.07) is 13.0. The largest absolute Gasteiger partial charge is 0.415 e. The van der Waals surface area contributed by atoms with Crippen molar-refractivity contribution < 1.29 is 22.4 Å². The van der Waals surface area contributed by atoms with Crippen LogP contribution in [0.25, 0.3) is 11.5 Å². The minimum atomic E-state index is -2.90. The van der Waals surface area contributed by atoms with Gasteiger partial charge < -0.3 is 9.32 Å². The average molecular weight is 430 g/mol. The summed E-state index contributed by atoms with van der Waals surface area (Å²) >= 11 is 0. The predicted octanol–water partition coefficient (Wildman–Crippen LogP) is 5.28. The average Bonchev–Trinajstić information content (AvgIpc) is 3.22. The lowest BCUT2D eigenvalue weighted by atomic mass is 9.85. The summed E-state index contributed by atoms with van der Waals surface area (Å²) in [5.74, 6) is -1.62. The number of benzene rings is 2. The number of para-hydroxylation sites is 1.